The lowest BCUT2D eigenvalue weighted by Gasteiger charge is -2.55. The first-order valence-electron chi connectivity index (χ1n) is 8.80. The van der Waals surface area contributed by atoms with Gasteiger partial charge in [-0.25, -0.2) is 4.79 Å². The third kappa shape index (κ3) is 6.30. The molecule has 1 saturated heterocycles. The summed E-state index contributed by atoms with van der Waals surface area (Å²) >= 11 is 0. The minimum absolute atomic E-state index is 0.0684. The molecule has 0 aromatic heterocycles. The summed E-state index contributed by atoms with van der Waals surface area (Å²) in [6, 6.07) is 1.13. The van der Waals surface area contributed by atoms with E-state index in [0.717, 1.165) is 25.0 Å². The summed E-state index contributed by atoms with van der Waals surface area (Å²) < 4.78 is 6.47. The average Bonchev–Trinajstić information content (AvgIpc) is 2.51. The van der Waals surface area contributed by atoms with Gasteiger partial charge in [0.2, 0.25) is 0 Å². The Morgan fingerprint density at radius 1 is 1.32 bits per heavy atom. The third-order valence-electron chi connectivity index (χ3n) is 5.58. The average molecular weight is 393 g/mol. The lowest BCUT2D eigenvalue weighted by atomic mass is 10.1. The third-order valence-corrected chi connectivity index (χ3v) is 23.5. The van der Waals surface area contributed by atoms with Gasteiger partial charge in [-0.05, 0) is 38.9 Å². The predicted octanol–water partition coefficient (Wildman–Crippen LogP) is 2.30. The quantitative estimate of drug-likeness (QED) is 0.408. The number of carboxylic acids is 1. The molecule has 1 aliphatic heterocycles. The highest BCUT2D eigenvalue weighted by atomic mass is 29.3. The summed E-state index contributed by atoms with van der Waals surface area (Å²) in [5.74, 6) is -0.981. The van der Waals surface area contributed by atoms with E-state index in [1.807, 2.05) is 0 Å². The van der Waals surface area contributed by atoms with Crippen LogP contribution in [0.5, 0.6) is 0 Å². The molecule has 0 aromatic rings. The van der Waals surface area contributed by atoms with Crippen LogP contribution in [0.15, 0.2) is 12.7 Å². The Labute approximate surface area is 153 Å². The molecule has 25 heavy (non-hydrogen) atoms. The molecule has 0 aromatic carbocycles. The first-order valence-corrected chi connectivity index (χ1v) is 15.5. The van der Waals surface area contributed by atoms with Crippen molar-refractivity contribution in [3.05, 3.63) is 12.7 Å². The van der Waals surface area contributed by atoms with Crippen LogP contribution in [-0.2, 0) is 9.22 Å². The van der Waals surface area contributed by atoms with Crippen molar-refractivity contribution in [3.8, 4) is 0 Å². The smallest absolute Gasteiger partial charge is 0.327 e. The molecule has 1 fully saturated rings. The highest BCUT2D eigenvalue weighted by Crippen LogP contribution is 2.47. The molecule has 0 saturated carbocycles. The molecular formula is C17H36O6Si2. The lowest BCUT2D eigenvalue weighted by molar-refractivity contribution is -0.131. The summed E-state index contributed by atoms with van der Waals surface area (Å²) in [5, 5.41) is 37.0. The van der Waals surface area contributed by atoms with Crippen molar-refractivity contribution < 1.29 is 29.6 Å². The first-order chi connectivity index (χ1) is 11.3. The molecular weight excluding hydrogens is 356 g/mol. The Kier molecular flexibility index (Phi) is 9.23. The molecule has 4 unspecified atom stereocenters. The van der Waals surface area contributed by atoms with Gasteiger partial charge in [0, 0.05) is 6.08 Å². The Morgan fingerprint density at radius 2 is 1.80 bits per heavy atom. The zero-order valence-corrected chi connectivity index (χ0v) is 18.5. The predicted molar refractivity (Wildman–Crippen MR) is 105 cm³/mol. The summed E-state index contributed by atoms with van der Waals surface area (Å²) in [5.41, 5.74) is 0.0172. The monoisotopic (exact) mass is 392 g/mol. The van der Waals surface area contributed by atoms with Crippen LogP contribution in [0.1, 0.15) is 33.6 Å². The Morgan fingerprint density at radius 3 is 2.12 bits per heavy atom. The van der Waals surface area contributed by atoms with E-state index in [1.165, 1.54) is 0 Å². The maximum Gasteiger partial charge on any atom is 0.327 e. The van der Waals surface area contributed by atoms with Gasteiger partial charge < -0.3 is 24.9 Å². The molecule has 0 amide bonds. The van der Waals surface area contributed by atoms with Gasteiger partial charge in [0.05, 0.1) is 25.9 Å². The number of aliphatic hydroxyl groups is 3. The van der Waals surface area contributed by atoms with E-state index in [9.17, 15) is 15.0 Å². The van der Waals surface area contributed by atoms with Crippen molar-refractivity contribution in [2.24, 2.45) is 0 Å². The van der Waals surface area contributed by atoms with E-state index in [4.69, 9.17) is 14.6 Å². The van der Waals surface area contributed by atoms with Crippen LogP contribution in [-0.4, -0.2) is 66.2 Å². The molecule has 0 bridgehead atoms. The zero-order chi connectivity index (χ0) is 20.1. The van der Waals surface area contributed by atoms with Crippen LogP contribution in [0.4, 0.5) is 0 Å². The highest BCUT2D eigenvalue weighted by molar-refractivity contribution is 7.39. The molecule has 0 radical (unpaired) electrons. The van der Waals surface area contributed by atoms with Crippen molar-refractivity contribution in [1.29, 1.82) is 0 Å². The van der Waals surface area contributed by atoms with Gasteiger partial charge in [0.1, 0.15) is 6.10 Å². The molecule has 0 aliphatic carbocycles. The highest BCUT2D eigenvalue weighted by Gasteiger charge is 2.58. The zero-order valence-electron chi connectivity index (χ0n) is 16.5. The normalized spacial score (nSPS) is 28.0. The molecule has 1 heterocycles. The van der Waals surface area contributed by atoms with E-state index in [-0.39, 0.29) is 17.7 Å². The van der Waals surface area contributed by atoms with Crippen molar-refractivity contribution in [3.63, 3.8) is 0 Å². The van der Waals surface area contributed by atoms with Crippen LogP contribution in [0.25, 0.3) is 0 Å². The molecule has 6 nitrogen and oxygen atoms in total. The van der Waals surface area contributed by atoms with Crippen LogP contribution in [0.2, 0.25) is 31.2 Å². The second kappa shape index (κ2) is 9.43. The second-order valence-electron chi connectivity index (χ2n) is 8.09. The Bertz CT molecular complexity index is 454. The van der Waals surface area contributed by atoms with Crippen LogP contribution >= 0.6 is 0 Å². The summed E-state index contributed by atoms with van der Waals surface area (Å²) in [4.78, 5) is 9.25. The van der Waals surface area contributed by atoms with Crippen LogP contribution < -0.4 is 0 Å². The number of hydrogen-bond donors (Lipinski definition) is 4. The van der Waals surface area contributed by atoms with Gasteiger partial charge >= 0.3 is 5.97 Å². The fraction of sp³-hybridized carbons (Fsp3) is 0.824. The summed E-state index contributed by atoms with van der Waals surface area (Å²) in [7, 11) is -3.73. The SMILES string of the molecule is C=CC(=O)O.CCC(C(O)C(O)CO)[Si]1(C)CCC(C)(C)O[Si]1(C)C. The van der Waals surface area contributed by atoms with E-state index in [0.29, 0.717) is 0 Å². The van der Waals surface area contributed by atoms with Gasteiger partial charge in [0.25, 0.3) is 0 Å². The van der Waals surface area contributed by atoms with Crippen molar-refractivity contribution in [1.82, 2.24) is 0 Å². The molecule has 4 atom stereocenters. The minimum atomic E-state index is -1.90. The number of aliphatic hydroxyl groups excluding tert-OH is 3. The molecule has 1 rings (SSSR count). The summed E-state index contributed by atoms with van der Waals surface area (Å²) in [6.07, 6.45) is 0.813. The number of hydrogen-bond acceptors (Lipinski definition) is 5. The molecule has 1 aliphatic rings. The minimum Gasteiger partial charge on any atom is -0.478 e. The summed E-state index contributed by atoms with van der Waals surface area (Å²) in [6.45, 7) is 15.8. The van der Waals surface area contributed by atoms with E-state index in [2.05, 4.69) is 47.0 Å². The topological polar surface area (TPSA) is 107 Å². The first kappa shape index (κ1) is 24.5. The maximum atomic E-state index is 10.4. The largest absolute Gasteiger partial charge is 0.478 e. The number of rotatable bonds is 6. The molecule has 4 N–H and O–H groups in total. The van der Waals surface area contributed by atoms with E-state index >= 15 is 0 Å². The number of carboxylic acid groups (broad SMARTS) is 1. The second-order valence-corrected chi connectivity index (χ2v) is 22.4. The Hall–Kier alpha value is -0.516. The van der Waals surface area contributed by atoms with Crippen molar-refractivity contribution in [2.45, 2.75) is 82.6 Å². The van der Waals surface area contributed by atoms with E-state index in [1.54, 1.807) is 0 Å². The lowest BCUT2D eigenvalue weighted by Crippen LogP contribution is -2.69. The number of aliphatic carboxylic acids is 1. The standard InChI is InChI=1S/C14H32O4Si2.C3H4O2/c1-7-12(13(17)11(16)10-15)20(6)9-8-14(2,3)18-19(20,4)5;1-2-3(4)5/h11-13,15-17H,7-10H2,1-6H3;2H,1H2,(H,4,5). The van der Waals surface area contributed by atoms with Crippen molar-refractivity contribution >= 4 is 21.4 Å². The number of carbonyl (C=O) groups is 1. The van der Waals surface area contributed by atoms with E-state index < -0.39 is 33.6 Å². The molecule has 0 spiro atoms. The molecule has 8 heteroatoms. The fourth-order valence-electron chi connectivity index (χ4n) is 3.80. The van der Waals surface area contributed by atoms with Gasteiger partial charge in [-0.2, -0.15) is 0 Å². The van der Waals surface area contributed by atoms with Crippen LogP contribution in [0, 0.1) is 0 Å². The maximum absolute atomic E-state index is 10.4. The van der Waals surface area contributed by atoms with Gasteiger partial charge in [0.15, 0.2) is 7.83 Å². The van der Waals surface area contributed by atoms with Crippen molar-refractivity contribution in [2.75, 3.05) is 6.61 Å². The van der Waals surface area contributed by atoms with Gasteiger partial charge in [-0.15, -0.1) is 0 Å². The van der Waals surface area contributed by atoms with Gasteiger partial charge in [-0.3, -0.25) is 0 Å². The fourth-order valence-corrected chi connectivity index (χ4v) is 17.9. The molecule has 148 valence electrons. The Balaban J connectivity index is 0.00000101. The van der Waals surface area contributed by atoms with Gasteiger partial charge in [-0.1, -0.05) is 32.5 Å². The van der Waals surface area contributed by atoms with Crippen LogP contribution in [0.3, 0.4) is 0 Å².